The Hall–Kier alpha value is -3.48. The fraction of sp³-hybridized carbons (Fsp3) is 0.190. The summed E-state index contributed by atoms with van der Waals surface area (Å²) in [7, 11) is 0. The van der Waals surface area contributed by atoms with E-state index < -0.39 is 11.7 Å². The first-order valence-corrected chi connectivity index (χ1v) is 8.96. The molecule has 0 fully saturated rings. The van der Waals surface area contributed by atoms with Crippen LogP contribution < -0.4 is 15.4 Å². The number of hydrogen-bond acceptors (Lipinski definition) is 5. The van der Waals surface area contributed by atoms with E-state index in [2.05, 4.69) is 20.6 Å². The van der Waals surface area contributed by atoms with Gasteiger partial charge in [-0.3, -0.25) is 4.79 Å². The molecule has 0 saturated heterocycles. The van der Waals surface area contributed by atoms with Gasteiger partial charge in [-0.15, -0.1) is 0 Å². The molecule has 0 bridgehead atoms. The van der Waals surface area contributed by atoms with Gasteiger partial charge in [0.25, 0.3) is 5.91 Å². The number of carbonyl (C=O) groups excluding carboxylic acids is 1. The second-order valence-corrected chi connectivity index (χ2v) is 6.12. The smallest absolute Gasteiger partial charge is 0.258 e. The molecule has 2 aromatic carbocycles. The first-order chi connectivity index (χ1) is 13.5. The quantitative estimate of drug-likeness (QED) is 0.621. The van der Waals surface area contributed by atoms with Crippen LogP contribution in [0.15, 0.2) is 54.6 Å². The molecule has 0 radical (unpaired) electrons. The Labute approximate surface area is 162 Å². The van der Waals surface area contributed by atoms with Crippen molar-refractivity contribution in [2.45, 2.75) is 20.3 Å². The van der Waals surface area contributed by atoms with Gasteiger partial charge in [-0.05, 0) is 49.7 Å². The molecule has 0 atom stereocenters. The Morgan fingerprint density at radius 2 is 1.79 bits per heavy atom. The third kappa shape index (κ3) is 5.03. The Kier molecular flexibility index (Phi) is 6.16. The van der Waals surface area contributed by atoms with Gasteiger partial charge in [0.2, 0.25) is 5.88 Å². The lowest BCUT2D eigenvalue weighted by molar-refractivity contribution is 0.102. The highest BCUT2D eigenvalue weighted by molar-refractivity contribution is 6.04. The summed E-state index contributed by atoms with van der Waals surface area (Å²) >= 11 is 0. The summed E-state index contributed by atoms with van der Waals surface area (Å²) in [6.07, 6.45) is 0.895. The number of ether oxygens (including phenoxy) is 1. The number of aromatic nitrogens is 2. The van der Waals surface area contributed by atoms with E-state index in [4.69, 9.17) is 4.74 Å². The summed E-state index contributed by atoms with van der Waals surface area (Å²) in [6.45, 7) is 4.41. The van der Waals surface area contributed by atoms with Crippen molar-refractivity contribution < 1.29 is 13.9 Å². The van der Waals surface area contributed by atoms with E-state index in [1.165, 1.54) is 12.1 Å². The second kappa shape index (κ2) is 8.94. The fourth-order valence-corrected chi connectivity index (χ4v) is 2.51. The van der Waals surface area contributed by atoms with E-state index in [1.54, 1.807) is 49.4 Å². The predicted octanol–water partition coefficient (Wildman–Crippen LogP) is 4.71. The molecule has 1 aromatic heterocycles. The summed E-state index contributed by atoms with van der Waals surface area (Å²) in [5.74, 6) is 0.679. The molecule has 0 aliphatic heterocycles. The first-order valence-electron chi connectivity index (χ1n) is 8.96. The maximum absolute atomic E-state index is 13.7. The molecule has 6 nitrogen and oxygen atoms in total. The van der Waals surface area contributed by atoms with E-state index in [0.29, 0.717) is 29.8 Å². The number of rotatable bonds is 7. The maximum Gasteiger partial charge on any atom is 0.258 e. The number of benzene rings is 2. The minimum absolute atomic E-state index is 0.000714. The van der Waals surface area contributed by atoms with Crippen LogP contribution in [0.1, 0.15) is 29.5 Å². The van der Waals surface area contributed by atoms with Crippen molar-refractivity contribution in [3.63, 3.8) is 0 Å². The number of amides is 1. The van der Waals surface area contributed by atoms with Crippen LogP contribution in [0, 0.1) is 12.7 Å². The van der Waals surface area contributed by atoms with Crippen LogP contribution in [0.25, 0.3) is 0 Å². The van der Waals surface area contributed by atoms with Gasteiger partial charge in [0.15, 0.2) is 0 Å². The number of nitrogens with zero attached hydrogens (tertiary/aromatic N) is 2. The number of carbonyl (C=O) groups is 1. The standard InChI is InChI=1S/C21H21FN4O2/c1-3-12-28-20-13-19(23-14(2)24-20)25-15-8-10-16(11-9-15)26-21(27)17-6-4-5-7-18(17)22/h4-11,13H,3,12H2,1-2H3,(H,26,27)(H,23,24,25). The topological polar surface area (TPSA) is 76.1 Å². The molecular weight excluding hydrogens is 359 g/mol. The summed E-state index contributed by atoms with van der Waals surface area (Å²) in [6, 6.07) is 14.6. The summed E-state index contributed by atoms with van der Waals surface area (Å²) in [5.41, 5.74) is 1.34. The van der Waals surface area contributed by atoms with Crippen LogP contribution in [0.5, 0.6) is 5.88 Å². The predicted molar refractivity (Wildman–Crippen MR) is 107 cm³/mol. The summed E-state index contributed by atoms with van der Waals surface area (Å²) < 4.78 is 19.3. The minimum atomic E-state index is -0.557. The van der Waals surface area contributed by atoms with Crippen molar-refractivity contribution in [1.82, 2.24) is 9.97 Å². The third-order valence-corrected chi connectivity index (χ3v) is 3.80. The van der Waals surface area contributed by atoms with E-state index in [0.717, 1.165) is 12.1 Å². The van der Waals surface area contributed by atoms with Gasteiger partial charge < -0.3 is 15.4 Å². The Balaban J connectivity index is 1.67. The minimum Gasteiger partial charge on any atom is -0.478 e. The van der Waals surface area contributed by atoms with Gasteiger partial charge in [-0.25, -0.2) is 9.37 Å². The zero-order valence-corrected chi connectivity index (χ0v) is 15.7. The zero-order valence-electron chi connectivity index (χ0n) is 15.7. The van der Waals surface area contributed by atoms with Crippen LogP contribution in [0.3, 0.4) is 0 Å². The SMILES string of the molecule is CCCOc1cc(Nc2ccc(NC(=O)c3ccccc3F)cc2)nc(C)n1. The van der Waals surface area contributed by atoms with Crippen molar-refractivity contribution in [2.24, 2.45) is 0 Å². The molecule has 7 heteroatoms. The van der Waals surface area contributed by atoms with Crippen molar-refractivity contribution in [1.29, 1.82) is 0 Å². The maximum atomic E-state index is 13.7. The molecule has 0 aliphatic rings. The number of anilines is 3. The third-order valence-electron chi connectivity index (χ3n) is 3.80. The van der Waals surface area contributed by atoms with Gasteiger partial charge in [0.05, 0.1) is 12.2 Å². The number of aryl methyl sites for hydroxylation is 1. The van der Waals surface area contributed by atoms with Gasteiger partial charge in [0.1, 0.15) is 17.5 Å². The van der Waals surface area contributed by atoms with Gasteiger partial charge in [0, 0.05) is 17.4 Å². The highest BCUT2D eigenvalue weighted by atomic mass is 19.1. The average molecular weight is 380 g/mol. The molecule has 3 rings (SSSR count). The molecular formula is C21H21FN4O2. The Morgan fingerprint density at radius 3 is 2.50 bits per heavy atom. The molecule has 28 heavy (non-hydrogen) atoms. The van der Waals surface area contributed by atoms with Crippen LogP contribution in [0.2, 0.25) is 0 Å². The number of hydrogen-bond donors (Lipinski definition) is 2. The molecule has 3 aromatic rings. The van der Waals surface area contributed by atoms with Crippen LogP contribution in [-0.2, 0) is 0 Å². The first kappa shape index (κ1) is 19.3. The summed E-state index contributed by atoms with van der Waals surface area (Å²) in [4.78, 5) is 20.8. The molecule has 0 aliphatic carbocycles. The molecule has 1 amide bonds. The second-order valence-electron chi connectivity index (χ2n) is 6.12. The molecule has 2 N–H and O–H groups in total. The van der Waals surface area contributed by atoms with E-state index >= 15 is 0 Å². The molecule has 1 heterocycles. The average Bonchev–Trinajstić information content (AvgIpc) is 2.68. The van der Waals surface area contributed by atoms with Crippen molar-refractivity contribution in [2.75, 3.05) is 17.2 Å². The van der Waals surface area contributed by atoms with Gasteiger partial charge in [-0.2, -0.15) is 4.98 Å². The monoisotopic (exact) mass is 380 g/mol. The molecule has 0 saturated carbocycles. The van der Waals surface area contributed by atoms with Gasteiger partial charge >= 0.3 is 0 Å². The molecule has 0 unspecified atom stereocenters. The van der Waals surface area contributed by atoms with Crippen LogP contribution >= 0.6 is 0 Å². The highest BCUT2D eigenvalue weighted by Gasteiger charge is 2.11. The molecule has 0 spiro atoms. The zero-order chi connectivity index (χ0) is 19.9. The number of halogens is 1. The lowest BCUT2D eigenvalue weighted by Crippen LogP contribution is -2.13. The van der Waals surface area contributed by atoms with E-state index in [9.17, 15) is 9.18 Å². The Morgan fingerprint density at radius 1 is 1.07 bits per heavy atom. The van der Waals surface area contributed by atoms with Crippen molar-refractivity contribution >= 4 is 23.1 Å². The van der Waals surface area contributed by atoms with E-state index in [-0.39, 0.29) is 5.56 Å². The van der Waals surface area contributed by atoms with Crippen molar-refractivity contribution in [3.05, 3.63) is 71.8 Å². The van der Waals surface area contributed by atoms with E-state index in [1.807, 2.05) is 6.92 Å². The fourth-order valence-electron chi connectivity index (χ4n) is 2.51. The van der Waals surface area contributed by atoms with Crippen LogP contribution in [-0.4, -0.2) is 22.5 Å². The number of nitrogens with one attached hydrogen (secondary N) is 2. The van der Waals surface area contributed by atoms with Gasteiger partial charge in [-0.1, -0.05) is 19.1 Å². The van der Waals surface area contributed by atoms with Crippen molar-refractivity contribution in [3.8, 4) is 5.88 Å². The Bertz CT molecular complexity index is 961. The lowest BCUT2D eigenvalue weighted by Gasteiger charge is -2.10. The highest BCUT2D eigenvalue weighted by Crippen LogP contribution is 2.21. The normalized spacial score (nSPS) is 10.4. The van der Waals surface area contributed by atoms with Crippen LogP contribution in [0.4, 0.5) is 21.6 Å². The lowest BCUT2D eigenvalue weighted by atomic mass is 10.2. The summed E-state index contributed by atoms with van der Waals surface area (Å²) in [5, 5.41) is 5.86. The molecule has 144 valence electrons. The largest absolute Gasteiger partial charge is 0.478 e.